The molecule has 1 aliphatic heterocycles. The number of hydrogen-bond acceptors (Lipinski definition) is 4. The number of hydrogen-bond donors (Lipinski definition) is 2. The lowest BCUT2D eigenvalue weighted by Gasteiger charge is -2.34. The maximum absolute atomic E-state index is 11.8. The van der Waals surface area contributed by atoms with Crippen LogP contribution in [0.2, 0.25) is 0 Å². The summed E-state index contributed by atoms with van der Waals surface area (Å²) < 4.78 is 0. The van der Waals surface area contributed by atoms with Crippen molar-refractivity contribution in [2.24, 2.45) is 5.73 Å². The molecule has 1 fully saturated rings. The van der Waals surface area contributed by atoms with Gasteiger partial charge in [0, 0.05) is 45.7 Å². The monoisotopic (exact) mass is 426 g/mol. The second-order valence-electron chi connectivity index (χ2n) is 6.15. The lowest BCUT2D eigenvalue weighted by Crippen LogP contribution is -2.45. The maximum Gasteiger partial charge on any atom is 0.220 e. The second-order valence-corrected chi connectivity index (χ2v) is 6.15. The third-order valence-electron chi connectivity index (χ3n) is 4.51. The number of carbonyl (C=O) groups is 1. The van der Waals surface area contributed by atoms with Gasteiger partial charge in [-0.3, -0.25) is 9.69 Å². The van der Waals surface area contributed by atoms with E-state index in [2.05, 4.69) is 40.2 Å². The Bertz CT molecular complexity index is 497. The highest BCUT2D eigenvalue weighted by molar-refractivity contribution is 5.86. The first-order valence-corrected chi connectivity index (χ1v) is 8.71. The van der Waals surface area contributed by atoms with Crippen molar-refractivity contribution in [3.8, 4) is 0 Å². The zero-order valence-electron chi connectivity index (χ0n) is 15.5. The molecule has 8 heteroatoms. The predicted molar refractivity (Wildman–Crippen MR) is 116 cm³/mol. The summed E-state index contributed by atoms with van der Waals surface area (Å²) in [7, 11) is 0. The van der Waals surface area contributed by atoms with Gasteiger partial charge in [0.1, 0.15) is 0 Å². The minimum Gasteiger partial charge on any atom is -0.352 e. The van der Waals surface area contributed by atoms with Crippen molar-refractivity contribution in [1.29, 1.82) is 0 Å². The average Bonchev–Trinajstić information content (AvgIpc) is 2.60. The van der Waals surface area contributed by atoms with Gasteiger partial charge in [0.2, 0.25) is 5.91 Å². The third kappa shape index (κ3) is 9.40. The van der Waals surface area contributed by atoms with Gasteiger partial charge in [-0.25, -0.2) is 0 Å². The summed E-state index contributed by atoms with van der Waals surface area (Å²) in [6.45, 7) is 10.0. The van der Waals surface area contributed by atoms with E-state index in [9.17, 15) is 4.79 Å². The zero-order valence-corrected chi connectivity index (χ0v) is 17.9. The molecule has 0 unspecified atom stereocenters. The summed E-state index contributed by atoms with van der Waals surface area (Å²) >= 11 is 0. The number of amides is 1. The molecule has 1 aromatic carbocycles. The molecule has 0 spiro atoms. The van der Waals surface area contributed by atoms with Crippen molar-refractivity contribution < 1.29 is 4.79 Å². The zero-order chi connectivity index (χ0) is 16.5. The number of nitrogens with zero attached hydrogens (tertiary/aromatic N) is 2. The van der Waals surface area contributed by atoms with Crippen LogP contribution in [0.3, 0.4) is 0 Å². The number of benzene rings is 1. The predicted octanol–water partition coefficient (Wildman–Crippen LogP) is 2.44. The Morgan fingerprint density at radius 3 is 2.19 bits per heavy atom. The van der Waals surface area contributed by atoms with E-state index in [0.29, 0.717) is 19.5 Å². The molecule has 0 aliphatic carbocycles. The lowest BCUT2D eigenvalue weighted by atomic mass is 10.1. The standard InChI is InChI=1S/C18H30N4O.3ClH/c1-2-21-10-12-22(13-11-21)15-17-7-4-3-6-16(17)14-20-18(23)8-5-9-19;;;/h3-4,6-7H,2,5,8-15,19H2,1H3,(H,20,23);3*1H. The SMILES string of the molecule is CCN1CCN(Cc2ccccc2CNC(=O)CCCN)CC1.Cl.Cl.Cl. The van der Waals surface area contributed by atoms with E-state index in [4.69, 9.17) is 5.73 Å². The molecule has 0 saturated carbocycles. The van der Waals surface area contributed by atoms with Gasteiger partial charge >= 0.3 is 0 Å². The van der Waals surface area contributed by atoms with E-state index in [0.717, 1.165) is 45.7 Å². The molecule has 5 nitrogen and oxygen atoms in total. The summed E-state index contributed by atoms with van der Waals surface area (Å²) in [4.78, 5) is 16.8. The Morgan fingerprint density at radius 2 is 1.62 bits per heavy atom. The topological polar surface area (TPSA) is 61.6 Å². The first-order valence-electron chi connectivity index (χ1n) is 8.71. The molecule has 152 valence electrons. The first kappa shape index (κ1) is 27.7. The lowest BCUT2D eigenvalue weighted by molar-refractivity contribution is -0.121. The quantitative estimate of drug-likeness (QED) is 0.669. The smallest absolute Gasteiger partial charge is 0.220 e. The van der Waals surface area contributed by atoms with E-state index < -0.39 is 0 Å². The Kier molecular flexibility index (Phi) is 16.5. The molecule has 0 aromatic heterocycles. The van der Waals surface area contributed by atoms with Gasteiger partial charge in [0.25, 0.3) is 0 Å². The van der Waals surface area contributed by atoms with Gasteiger partial charge in [0.15, 0.2) is 0 Å². The van der Waals surface area contributed by atoms with Crippen LogP contribution in [0.5, 0.6) is 0 Å². The molecule has 1 aromatic rings. The summed E-state index contributed by atoms with van der Waals surface area (Å²) in [6, 6.07) is 8.41. The second kappa shape index (κ2) is 15.5. The number of nitrogens with two attached hydrogens (primary N) is 1. The van der Waals surface area contributed by atoms with Gasteiger partial charge in [-0.05, 0) is 30.6 Å². The molecule has 0 bridgehead atoms. The number of nitrogens with one attached hydrogen (secondary N) is 1. The van der Waals surface area contributed by atoms with Crippen molar-refractivity contribution in [2.75, 3.05) is 39.3 Å². The molecule has 2 rings (SSSR count). The van der Waals surface area contributed by atoms with Crippen LogP contribution < -0.4 is 11.1 Å². The minimum atomic E-state index is 0. The fourth-order valence-corrected chi connectivity index (χ4v) is 2.93. The Morgan fingerprint density at radius 1 is 1.04 bits per heavy atom. The normalized spacial score (nSPS) is 14.5. The molecule has 3 N–H and O–H groups in total. The number of rotatable bonds is 8. The molecule has 1 aliphatic rings. The maximum atomic E-state index is 11.8. The Balaban J connectivity index is 0. The van der Waals surface area contributed by atoms with Crippen LogP contribution in [0.1, 0.15) is 30.9 Å². The highest BCUT2D eigenvalue weighted by Gasteiger charge is 2.16. The van der Waals surface area contributed by atoms with Gasteiger partial charge in [0.05, 0.1) is 0 Å². The summed E-state index contributed by atoms with van der Waals surface area (Å²) in [5.41, 5.74) is 7.97. The number of carbonyl (C=O) groups excluding carboxylic acids is 1. The van der Waals surface area contributed by atoms with E-state index in [-0.39, 0.29) is 43.1 Å². The summed E-state index contributed by atoms with van der Waals surface area (Å²) in [5, 5.41) is 3.01. The molecule has 26 heavy (non-hydrogen) atoms. The van der Waals surface area contributed by atoms with Crippen LogP contribution in [-0.4, -0.2) is 55.0 Å². The molecule has 1 amide bonds. The van der Waals surface area contributed by atoms with Crippen LogP contribution in [-0.2, 0) is 17.9 Å². The van der Waals surface area contributed by atoms with Gasteiger partial charge in [-0.15, -0.1) is 37.2 Å². The van der Waals surface area contributed by atoms with Crippen molar-refractivity contribution in [3.63, 3.8) is 0 Å². The minimum absolute atomic E-state index is 0. The van der Waals surface area contributed by atoms with Crippen molar-refractivity contribution >= 4 is 43.1 Å². The van der Waals surface area contributed by atoms with Crippen LogP contribution in [0.15, 0.2) is 24.3 Å². The molecule has 1 saturated heterocycles. The van der Waals surface area contributed by atoms with E-state index in [1.807, 2.05) is 6.07 Å². The average molecular weight is 428 g/mol. The Labute approximate surface area is 176 Å². The number of likely N-dealkylation sites (N-methyl/N-ethyl adjacent to an activating group) is 1. The first-order chi connectivity index (χ1) is 11.2. The van der Waals surface area contributed by atoms with Crippen LogP contribution in [0.4, 0.5) is 0 Å². The van der Waals surface area contributed by atoms with Crippen LogP contribution in [0, 0.1) is 0 Å². The van der Waals surface area contributed by atoms with Crippen molar-refractivity contribution in [3.05, 3.63) is 35.4 Å². The Hall–Kier alpha value is -0.560. The summed E-state index contributed by atoms with van der Waals surface area (Å²) in [5.74, 6) is 0.0850. The fourth-order valence-electron chi connectivity index (χ4n) is 2.93. The largest absolute Gasteiger partial charge is 0.352 e. The van der Waals surface area contributed by atoms with E-state index in [1.54, 1.807) is 0 Å². The van der Waals surface area contributed by atoms with Gasteiger partial charge in [-0.1, -0.05) is 31.2 Å². The highest BCUT2D eigenvalue weighted by atomic mass is 35.5. The van der Waals surface area contributed by atoms with Crippen molar-refractivity contribution in [1.82, 2.24) is 15.1 Å². The van der Waals surface area contributed by atoms with Crippen molar-refractivity contribution in [2.45, 2.75) is 32.9 Å². The molecule has 1 heterocycles. The van der Waals surface area contributed by atoms with Crippen LogP contribution >= 0.6 is 37.2 Å². The molecular formula is C18H33Cl3N4O. The fraction of sp³-hybridized carbons (Fsp3) is 0.611. The van der Waals surface area contributed by atoms with Gasteiger partial charge < -0.3 is 16.0 Å². The number of piperazine rings is 1. The summed E-state index contributed by atoms with van der Waals surface area (Å²) in [6.07, 6.45) is 1.26. The molecular weight excluding hydrogens is 395 g/mol. The molecule has 0 atom stereocenters. The molecule has 0 radical (unpaired) electrons. The third-order valence-corrected chi connectivity index (χ3v) is 4.51. The van der Waals surface area contributed by atoms with Gasteiger partial charge in [-0.2, -0.15) is 0 Å². The van der Waals surface area contributed by atoms with E-state index in [1.165, 1.54) is 11.1 Å². The van der Waals surface area contributed by atoms with Crippen LogP contribution in [0.25, 0.3) is 0 Å². The van der Waals surface area contributed by atoms with E-state index >= 15 is 0 Å². The number of halogens is 3. The highest BCUT2D eigenvalue weighted by Crippen LogP contribution is 2.13.